The molecular weight excluding hydrogens is 471 g/mol. The smallest absolute Gasteiger partial charge is 0.246 e. The van der Waals surface area contributed by atoms with E-state index in [9.17, 15) is 0 Å². The Labute approximate surface area is 228 Å². The van der Waals surface area contributed by atoms with Crippen molar-refractivity contribution in [3.63, 3.8) is 0 Å². The van der Waals surface area contributed by atoms with Crippen LogP contribution in [0.5, 0.6) is 0 Å². The van der Waals surface area contributed by atoms with Crippen molar-refractivity contribution in [2.24, 2.45) is 0 Å². The summed E-state index contributed by atoms with van der Waals surface area (Å²) < 4.78 is 2.48. The third-order valence-electron chi connectivity index (χ3n) is 8.02. The summed E-state index contributed by atoms with van der Waals surface area (Å²) in [7, 11) is 0. The fourth-order valence-corrected chi connectivity index (χ4v) is 6.42. The first-order valence-electron chi connectivity index (χ1n) is 13.5. The van der Waals surface area contributed by atoms with Crippen molar-refractivity contribution in [1.29, 1.82) is 0 Å². The Bertz CT molecular complexity index is 1920. The first kappa shape index (κ1) is 22.0. The number of rotatable bonds is 4. The number of hydrogen-bond acceptors (Lipinski definition) is 1. The normalized spacial score (nSPS) is 12.1. The molecule has 0 amide bonds. The highest BCUT2D eigenvalue weighted by Crippen LogP contribution is 2.37. The molecule has 0 spiro atoms. The third kappa shape index (κ3) is 3.37. The molecule has 182 valence electrons. The molecule has 1 aliphatic rings. The number of aromatic nitrogens is 1. The number of hydrogen-bond donors (Lipinski definition) is 0. The molecule has 8 rings (SSSR count). The van der Waals surface area contributed by atoms with Crippen molar-refractivity contribution in [2.45, 2.75) is 0 Å². The quantitative estimate of drug-likeness (QED) is 0.236. The van der Waals surface area contributed by atoms with E-state index in [1.807, 2.05) is 0 Å². The Balaban J connectivity index is 1.45. The predicted molar refractivity (Wildman–Crippen MR) is 167 cm³/mol. The lowest BCUT2D eigenvalue weighted by molar-refractivity contribution is 1.18. The largest absolute Gasteiger partial charge is 0.311 e. The van der Waals surface area contributed by atoms with Gasteiger partial charge in [-0.15, -0.1) is 0 Å². The zero-order valence-electron chi connectivity index (χ0n) is 21.4. The standard InChI is InChI=1S/C36H25BN2/c1-4-13-26(14-5-1)37-32-21-12-20-31-30-19-10-11-22-34(30)39(36(31)32)35-24-23-29(25-33(35)37)38(27-15-6-2-7-16-27)28-17-8-3-9-18-28/h1-25H. The third-order valence-corrected chi connectivity index (χ3v) is 8.02. The lowest BCUT2D eigenvalue weighted by Gasteiger charge is -2.30. The van der Waals surface area contributed by atoms with Gasteiger partial charge in [0.1, 0.15) is 0 Å². The van der Waals surface area contributed by atoms with Gasteiger partial charge in [-0.2, -0.15) is 0 Å². The predicted octanol–water partition coefficient (Wildman–Crippen LogP) is 7.08. The van der Waals surface area contributed by atoms with E-state index in [4.69, 9.17) is 0 Å². The van der Waals surface area contributed by atoms with Crippen LogP contribution in [0.1, 0.15) is 0 Å². The van der Waals surface area contributed by atoms with Gasteiger partial charge in [0.05, 0.1) is 5.52 Å². The fraction of sp³-hybridized carbons (Fsp3) is 0. The second-order valence-electron chi connectivity index (χ2n) is 10.2. The van der Waals surface area contributed by atoms with Gasteiger partial charge in [-0.05, 0) is 59.5 Å². The molecule has 0 aliphatic carbocycles. The van der Waals surface area contributed by atoms with Crippen molar-refractivity contribution >= 4 is 62.0 Å². The maximum absolute atomic E-state index is 2.48. The second kappa shape index (κ2) is 8.78. The number of para-hydroxylation sites is 4. The van der Waals surface area contributed by atoms with Crippen molar-refractivity contribution < 1.29 is 0 Å². The summed E-state index contributed by atoms with van der Waals surface area (Å²) in [6.07, 6.45) is 0. The van der Waals surface area contributed by atoms with E-state index in [0.717, 1.165) is 17.1 Å². The average Bonchev–Trinajstić information content (AvgIpc) is 3.35. The highest BCUT2D eigenvalue weighted by molar-refractivity contribution is 6.98. The van der Waals surface area contributed by atoms with E-state index in [1.165, 1.54) is 43.9 Å². The molecule has 0 saturated heterocycles. The molecule has 0 bridgehead atoms. The van der Waals surface area contributed by atoms with Crippen LogP contribution in [0.25, 0.3) is 27.5 Å². The molecule has 0 fully saturated rings. The highest BCUT2D eigenvalue weighted by atomic mass is 15.1. The average molecular weight is 496 g/mol. The van der Waals surface area contributed by atoms with Gasteiger partial charge in [-0.3, -0.25) is 0 Å². The van der Waals surface area contributed by atoms with Crippen LogP contribution in [-0.4, -0.2) is 11.3 Å². The minimum absolute atomic E-state index is 0.134. The van der Waals surface area contributed by atoms with Crippen LogP contribution in [0.3, 0.4) is 0 Å². The number of anilines is 3. The first-order chi connectivity index (χ1) is 19.4. The van der Waals surface area contributed by atoms with Gasteiger partial charge in [0, 0.05) is 39.0 Å². The van der Waals surface area contributed by atoms with Gasteiger partial charge in [-0.1, -0.05) is 109 Å². The van der Waals surface area contributed by atoms with Gasteiger partial charge in [0.2, 0.25) is 6.71 Å². The summed E-state index contributed by atoms with van der Waals surface area (Å²) in [6.45, 7) is 0.134. The van der Waals surface area contributed by atoms with Crippen molar-refractivity contribution in [3.8, 4) is 5.69 Å². The summed E-state index contributed by atoms with van der Waals surface area (Å²) in [5.74, 6) is 0. The maximum atomic E-state index is 2.48. The fourth-order valence-electron chi connectivity index (χ4n) is 6.42. The molecule has 0 atom stereocenters. The van der Waals surface area contributed by atoms with Crippen LogP contribution < -0.4 is 21.3 Å². The lowest BCUT2D eigenvalue weighted by Crippen LogP contribution is -2.56. The molecule has 1 aliphatic heterocycles. The van der Waals surface area contributed by atoms with Gasteiger partial charge in [-0.25, -0.2) is 0 Å². The molecule has 0 unspecified atom stereocenters. The molecular formula is C36H25BN2. The van der Waals surface area contributed by atoms with Crippen LogP contribution in [0.4, 0.5) is 17.1 Å². The van der Waals surface area contributed by atoms with Gasteiger partial charge in [0.25, 0.3) is 0 Å². The van der Waals surface area contributed by atoms with E-state index < -0.39 is 0 Å². The van der Waals surface area contributed by atoms with Crippen LogP contribution in [0.15, 0.2) is 152 Å². The minimum atomic E-state index is 0.134. The number of benzene rings is 6. The summed E-state index contributed by atoms with van der Waals surface area (Å²) in [6, 6.07) is 54.8. The minimum Gasteiger partial charge on any atom is -0.311 e. The van der Waals surface area contributed by atoms with E-state index in [1.54, 1.807) is 0 Å². The van der Waals surface area contributed by atoms with Gasteiger partial charge >= 0.3 is 0 Å². The Morgan fingerprint density at radius 2 is 1.08 bits per heavy atom. The topological polar surface area (TPSA) is 8.17 Å². The monoisotopic (exact) mass is 496 g/mol. The summed E-state index contributed by atoms with van der Waals surface area (Å²) in [4.78, 5) is 2.35. The summed E-state index contributed by atoms with van der Waals surface area (Å²) in [5, 5.41) is 2.61. The van der Waals surface area contributed by atoms with E-state index in [0.29, 0.717) is 0 Å². The Morgan fingerprint density at radius 3 is 1.79 bits per heavy atom. The van der Waals surface area contributed by atoms with Crippen molar-refractivity contribution in [2.75, 3.05) is 4.90 Å². The van der Waals surface area contributed by atoms with Crippen LogP contribution >= 0.6 is 0 Å². The zero-order chi connectivity index (χ0) is 25.8. The second-order valence-corrected chi connectivity index (χ2v) is 10.2. The van der Waals surface area contributed by atoms with E-state index >= 15 is 0 Å². The molecule has 0 radical (unpaired) electrons. The Morgan fingerprint density at radius 1 is 0.462 bits per heavy atom. The summed E-state index contributed by atoms with van der Waals surface area (Å²) in [5.41, 5.74) is 11.2. The molecule has 2 heterocycles. The molecule has 6 aromatic carbocycles. The van der Waals surface area contributed by atoms with E-state index in [2.05, 4.69) is 161 Å². The molecule has 0 saturated carbocycles. The molecule has 3 heteroatoms. The summed E-state index contributed by atoms with van der Waals surface area (Å²) >= 11 is 0. The van der Waals surface area contributed by atoms with E-state index in [-0.39, 0.29) is 6.71 Å². The lowest BCUT2D eigenvalue weighted by atomic mass is 9.35. The number of nitrogens with zero attached hydrogens (tertiary/aromatic N) is 2. The SMILES string of the molecule is c1ccc(B2c3cc(N(c4ccccc4)c4ccccc4)ccc3-n3c4ccccc4c4cccc2c43)cc1. The van der Waals surface area contributed by atoms with Gasteiger partial charge < -0.3 is 9.47 Å². The first-order valence-corrected chi connectivity index (χ1v) is 13.5. The highest BCUT2D eigenvalue weighted by Gasteiger charge is 2.34. The molecule has 1 aromatic heterocycles. The van der Waals surface area contributed by atoms with Crippen LogP contribution in [0.2, 0.25) is 0 Å². The molecule has 7 aromatic rings. The maximum Gasteiger partial charge on any atom is 0.246 e. The van der Waals surface area contributed by atoms with Crippen molar-refractivity contribution in [3.05, 3.63) is 152 Å². The molecule has 39 heavy (non-hydrogen) atoms. The van der Waals surface area contributed by atoms with Crippen LogP contribution in [0, 0.1) is 0 Å². The van der Waals surface area contributed by atoms with Crippen LogP contribution in [-0.2, 0) is 0 Å². The molecule has 2 nitrogen and oxygen atoms in total. The Hall–Kier alpha value is -5.02. The number of fused-ring (bicyclic) bond motifs is 5. The van der Waals surface area contributed by atoms with Crippen molar-refractivity contribution in [1.82, 2.24) is 4.57 Å². The molecule has 0 N–H and O–H groups in total. The van der Waals surface area contributed by atoms with Gasteiger partial charge in [0.15, 0.2) is 0 Å². The Kier molecular flexibility index (Phi) is 4.96. The zero-order valence-corrected chi connectivity index (χ0v) is 21.4.